The Morgan fingerprint density at radius 2 is 1.75 bits per heavy atom. The van der Waals surface area contributed by atoms with Crippen molar-refractivity contribution in [2.45, 2.75) is 13.3 Å². The zero-order valence-corrected chi connectivity index (χ0v) is 21.2. The van der Waals surface area contributed by atoms with Gasteiger partial charge in [0.15, 0.2) is 5.76 Å². The number of anilines is 1. The molecule has 1 N–H and O–H groups in total. The Labute approximate surface area is 217 Å². The van der Waals surface area contributed by atoms with Crippen molar-refractivity contribution in [1.82, 2.24) is 0 Å². The quantitative estimate of drug-likeness (QED) is 0.224. The second kappa shape index (κ2) is 10.0. The number of amides is 1. The van der Waals surface area contributed by atoms with Crippen LogP contribution < -0.4 is 10.1 Å². The van der Waals surface area contributed by atoms with Gasteiger partial charge in [-0.3, -0.25) is 9.59 Å². The second-order valence-corrected chi connectivity index (χ2v) is 9.58. The number of carbonyl (C=O) groups is 2. The fourth-order valence-electron chi connectivity index (χ4n) is 4.08. The molecule has 0 atom stereocenters. The Bertz CT molecular complexity index is 1590. The standard InChI is InChI=1S/C29H22ClNO4S/c1-3-17-16-24(36-28(17)18-9-5-4-6-10-18)29(33)31-25-20-11-7-8-12-22(20)35-27(25)26(32)19-13-14-23(34-2)21(30)15-19/h4-16H,3H2,1-2H3,(H,31,33). The average Bonchev–Trinajstić information content (AvgIpc) is 3.51. The molecule has 180 valence electrons. The van der Waals surface area contributed by atoms with Crippen molar-refractivity contribution in [3.8, 4) is 16.2 Å². The van der Waals surface area contributed by atoms with Crippen molar-refractivity contribution in [2.24, 2.45) is 0 Å². The number of para-hydroxylation sites is 1. The van der Waals surface area contributed by atoms with Crippen molar-refractivity contribution < 1.29 is 18.7 Å². The molecule has 0 fully saturated rings. The summed E-state index contributed by atoms with van der Waals surface area (Å²) in [5.74, 6) is -0.187. The molecule has 36 heavy (non-hydrogen) atoms. The van der Waals surface area contributed by atoms with Crippen molar-refractivity contribution in [3.05, 3.63) is 106 Å². The summed E-state index contributed by atoms with van der Waals surface area (Å²) < 4.78 is 11.1. The van der Waals surface area contributed by atoms with Crippen LogP contribution in [-0.4, -0.2) is 18.8 Å². The summed E-state index contributed by atoms with van der Waals surface area (Å²) in [6.45, 7) is 2.07. The minimum absolute atomic E-state index is 0.0429. The van der Waals surface area contributed by atoms with Gasteiger partial charge in [0.2, 0.25) is 5.78 Å². The van der Waals surface area contributed by atoms with E-state index in [4.69, 9.17) is 20.8 Å². The van der Waals surface area contributed by atoms with E-state index < -0.39 is 5.78 Å². The lowest BCUT2D eigenvalue weighted by atomic mass is 10.1. The van der Waals surface area contributed by atoms with Crippen LogP contribution in [0.5, 0.6) is 5.75 Å². The van der Waals surface area contributed by atoms with E-state index in [-0.39, 0.29) is 11.7 Å². The highest BCUT2D eigenvalue weighted by Gasteiger charge is 2.25. The molecule has 2 aromatic heterocycles. The van der Waals surface area contributed by atoms with Gasteiger partial charge >= 0.3 is 0 Å². The van der Waals surface area contributed by atoms with Crippen LogP contribution in [-0.2, 0) is 6.42 Å². The van der Waals surface area contributed by atoms with Crippen LogP contribution in [0.25, 0.3) is 21.4 Å². The Hall–Kier alpha value is -3.87. The van der Waals surface area contributed by atoms with E-state index in [1.807, 2.05) is 54.6 Å². The third kappa shape index (κ3) is 4.41. The number of carbonyl (C=O) groups excluding carboxylic acids is 2. The Balaban J connectivity index is 1.53. The molecule has 0 bridgehead atoms. The molecule has 0 spiro atoms. The van der Waals surface area contributed by atoms with E-state index in [1.54, 1.807) is 18.2 Å². The number of thiophene rings is 1. The first-order chi connectivity index (χ1) is 17.5. The minimum Gasteiger partial charge on any atom is -0.495 e. The topological polar surface area (TPSA) is 68.5 Å². The first kappa shape index (κ1) is 23.9. The number of halogens is 1. The maximum absolute atomic E-state index is 13.5. The fraction of sp³-hybridized carbons (Fsp3) is 0.103. The molecular formula is C29H22ClNO4S. The van der Waals surface area contributed by atoms with Crippen LogP contribution in [0.15, 0.2) is 83.3 Å². The van der Waals surface area contributed by atoms with Gasteiger partial charge in [0.25, 0.3) is 5.91 Å². The van der Waals surface area contributed by atoms with E-state index >= 15 is 0 Å². The number of furan rings is 1. The largest absolute Gasteiger partial charge is 0.495 e. The SMILES string of the molecule is CCc1cc(C(=O)Nc2c(C(=O)c3ccc(OC)c(Cl)c3)oc3ccccc23)sc1-c1ccccc1. The number of ketones is 1. The zero-order valence-electron chi connectivity index (χ0n) is 19.6. The number of aryl methyl sites for hydroxylation is 1. The van der Waals surface area contributed by atoms with E-state index in [1.165, 1.54) is 24.5 Å². The summed E-state index contributed by atoms with van der Waals surface area (Å²) in [6, 6.07) is 23.9. The highest BCUT2D eigenvalue weighted by molar-refractivity contribution is 7.17. The van der Waals surface area contributed by atoms with Gasteiger partial charge < -0.3 is 14.5 Å². The van der Waals surface area contributed by atoms with Crippen molar-refractivity contribution >= 4 is 51.3 Å². The maximum Gasteiger partial charge on any atom is 0.265 e. The molecule has 0 aliphatic carbocycles. The van der Waals surface area contributed by atoms with Gasteiger partial charge in [-0.05, 0) is 53.9 Å². The Kier molecular flexibility index (Phi) is 6.63. The number of benzene rings is 3. The Morgan fingerprint density at radius 1 is 1.00 bits per heavy atom. The fourth-order valence-corrected chi connectivity index (χ4v) is 5.49. The van der Waals surface area contributed by atoms with Gasteiger partial charge in [0.05, 0.1) is 22.7 Å². The molecule has 5 rings (SSSR count). The predicted octanol–water partition coefficient (Wildman–Crippen LogP) is 7.87. The molecule has 7 heteroatoms. The van der Waals surface area contributed by atoms with E-state index in [2.05, 4.69) is 12.2 Å². The normalized spacial score (nSPS) is 11.0. The zero-order chi connectivity index (χ0) is 25.2. The van der Waals surface area contributed by atoms with Gasteiger partial charge in [0.1, 0.15) is 11.3 Å². The van der Waals surface area contributed by atoms with E-state index in [0.29, 0.717) is 37.9 Å². The maximum atomic E-state index is 13.5. The van der Waals surface area contributed by atoms with Crippen LogP contribution in [0.1, 0.15) is 38.3 Å². The van der Waals surface area contributed by atoms with Gasteiger partial charge in [0, 0.05) is 15.8 Å². The summed E-state index contributed by atoms with van der Waals surface area (Å²) >= 11 is 7.68. The number of hydrogen-bond acceptors (Lipinski definition) is 5. The molecule has 0 saturated carbocycles. The third-order valence-corrected chi connectivity index (χ3v) is 7.42. The molecule has 5 aromatic rings. The van der Waals surface area contributed by atoms with Gasteiger partial charge in [-0.25, -0.2) is 0 Å². The highest BCUT2D eigenvalue weighted by atomic mass is 35.5. The minimum atomic E-state index is -0.392. The molecule has 0 saturated heterocycles. The number of methoxy groups -OCH3 is 1. The monoisotopic (exact) mass is 515 g/mol. The average molecular weight is 516 g/mol. The molecule has 0 unspecified atom stereocenters. The van der Waals surface area contributed by atoms with Crippen LogP contribution in [0.4, 0.5) is 5.69 Å². The van der Waals surface area contributed by atoms with Gasteiger partial charge in [-0.15, -0.1) is 11.3 Å². The van der Waals surface area contributed by atoms with Crippen molar-refractivity contribution in [2.75, 3.05) is 12.4 Å². The van der Waals surface area contributed by atoms with Gasteiger partial charge in [-0.2, -0.15) is 0 Å². The Morgan fingerprint density at radius 3 is 2.47 bits per heavy atom. The smallest absolute Gasteiger partial charge is 0.265 e. The molecule has 0 aliphatic heterocycles. The summed E-state index contributed by atoms with van der Waals surface area (Å²) in [4.78, 5) is 28.5. The number of hydrogen-bond donors (Lipinski definition) is 1. The molecular weight excluding hydrogens is 494 g/mol. The third-order valence-electron chi connectivity index (χ3n) is 5.90. The number of rotatable bonds is 7. The number of ether oxygens (including phenoxy) is 1. The number of nitrogens with one attached hydrogen (secondary N) is 1. The summed E-state index contributed by atoms with van der Waals surface area (Å²) in [6.07, 6.45) is 0.796. The van der Waals surface area contributed by atoms with Crippen molar-refractivity contribution in [3.63, 3.8) is 0 Å². The van der Waals surface area contributed by atoms with Crippen molar-refractivity contribution in [1.29, 1.82) is 0 Å². The first-order valence-corrected chi connectivity index (χ1v) is 12.6. The lowest BCUT2D eigenvalue weighted by molar-refractivity contribution is 0.101. The van der Waals surface area contributed by atoms with E-state index in [0.717, 1.165) is 22.4 Å². The van der Waals surface area contributed by atoms with Crippen LogP contribution in [0.2, 0.25) is 5.02 Å². The molecule has 0 radical (unpaired) electrons. The second-order valence-electron chi connectivity index (χ2n) is 8.12. The van der Waals surface area contributed by atoms with Crippen LogP contribution >= 0.6 is 22.9 Å². The molecule has 3 aromatic carbocycles. The van der Waals surface area contributed by atoms with Crippen LogP contribution in [0, 0.1) is 0 Å². The summed E-state index contributed by atoms with van der Waals surface area (Å²) in [5, 5.41) is 3.91. The van der Waals surface area contributed by atoms with Gasteiger partial charge in [-0.1, -0.05) is 61.0 Å². The van der Waals surface area contributed by atoms with E-state index in [9.17, 15) is 9.59 Å². The summed E-state index contributed by atoms with van der Waals surface area (Å²) in [5.41, 5.74) is 3.32. The molecule has 0 aliphatic rings. The first-order valence-electron chi connectivity index (χ1n) is 11.4. The summed E-state index contributed by atoms with van der Waals surface area (Å²) in [7, 11) is 1.51. The molecule has 1 amide bonds. The predicted molar refractivity (Wildman–Crippen MR) is 145 cm³/mol. The lowest BCUT2D eigenvalue weighted by Gasteiger charge is -2.07. The molecule has 2 heterocycles. The van der Waals surface area contributed by atoms with Crippen LogP contribution in [0.3, 0.4) is 0 Å². The highest BCUT2D eigenvalue weighted by Crippen LogP contribution is 2.37. The lowest BCUT2D eigenvalue weighted by Crippen LogP contribution is -2.13. The molecule has 5 nitrogen and oxygen atoms in total. The number of fused-ring (bicyclic) bond motifs is 1.